The first-order valence-electron chi connectivity index (χ1n) is 19.6. The van der Waals surface area contributed by atoms with Gasteiger partial charge in [-0.25, -0.2) is 0 Å². The molecular weight excluding hydrogens is 616 g/mol. The third-order valence-electron chi connectivity index (χ3n) is 10.9. The average Bonchev–Trinajstić information content (AvgIpc) is 3.87. The lowest BCUT2D eigenvalue weighted by atomic mass is 9.28. The number of hydrogen-bond donors (Lipinski definition) is 0. The Morgan fingerprint density at radius 3 is 1.56 bits per heavy atom. The maximum absolute atomic E-state index is 5.46. The summed E-state index contributed by atoms with van der Waals surface area (Å²) >= 11 is 0. The van der Waals surface area contributed by atoms with Crippen LogP contribution in [0, 0.1) is 41.9 Å². The fourth-order valence-electron chi connectivity index (χ4n) is 9.07. The maximum Gasteiger partial charge on any atom is 0.293 e. The van der Waals surface area contributed by atoms with Crippen LogP contribution in [0.1, 0.15) is 57.8 Å². The normalized spacial score (nSPS) is 26.0. The molecule has 6 heterocycles. The highest BCUT2D eigenvalue weighted by Gasteiger charge is 2.43. The molecule has 8 aliphatic rings. The Hall–Kier alpha value is -1.42. The van der Waals surface area contributed by atoms with E-state index in [-0.39, 0.29) is 8.41 Å². The predicted octanol–water partition coefficient (Wildman–Crippen LogP) is 9.30. The van der Waals surface area contributed by atoms with Crippen molar-refractivity contribution in [2.45, 2.75) is 108 Å². The molecule has 0 aromatic carbocycles. The van der Waals surface area contributed by atoms with Crippen LogP contribution in [-0.4, -0.2) is 89.7 Å². The van der Waals surface area contributed by atoms with Crippen LogP contribution in [0.5, 0.6) is 0 Å². The molecule has 6 bridgehead atoms. The van der Waals surface area contributed by atoms with E-state index in [1.807, 2.05) is 25.3 Å². The smallest absolute Gasteiger partial charge is 0.293 e. The molecule has 0 aromatic rings. The molecule has 0 aromatic heterocycles. The van der Waals surface area contributed by atoms with Crippen molar-refractivity contribution in [3.05, 3.63) is 49.6 Å². The van der Waals surface area contributed by atoms with E-state index < -0.39 is 0 Å². The van der Waals surface area contributed by atoms with Gasteiger partial charge in [0, 0.05) is 56.2 Å². The van der Waals surface area contributed by atoms with Gasteiger partial charge in [0.2, 0.25) is 0 Å². The number of ether oxygens (including phenoxy) is 4. The standard InChI is InChI=1S/C11H19BO2.2C9H15B.2C4H8O.C4H6O.B/c1-13-8-11-4-9-3-10(5-11)7-12(6-9)14-2;1-7-2-9-3-8(1)5-10(4-7)6-9;1-4-7-10(8-5-2)9-6-3;2*1-2-4-5-3-1;1-3-4-5-2;/h4,9-10H,3,5-8H2,1-2H3;7-9H,1-6H2;4-6H,1-3,7-9H2;2*1-4H2;1H,4H2,2H3;. The monoisotopic (exact) mass is 688 g/mol. The van der Waals surface area contributed by atoms with E-state index in [2.05, 4.69) is 36.5 Å². The molecule has 8 rings (SSSR count). The van der Waals surface area contributed by atoms with Gasteiger partial charge in [-0.3, -0.25) is 0 Å². The van der Waals surface area contributed by atoms with Crippen molar-refractivity contribution in [3.63, 3.8) is 0 Å². The molecule has 0 spiro atoms. The zero-order chi connectivity index (χ0) is 35.5. The average molecular weight is 687 g/mol. The summed E-state index contributed by atoms with van der Waals surface area (Å²) in [5.74, 6) is 7.42. The highest BCUT2D eigenvalue weighted by molar-refractivity contribution is 6.60. The van der Waals surface area contributed by atoms with Gasteiger partial charge in [-0.15, -0.1) is 26.2 Å². The van der Waals surface area contributed by atoms with E-state index in [1.165, 1.54) is 81.2 Å². The lowest BCUT2D eigenvalue weighted by Gasteiger charge is -2.48. The number of terminal acetylenes is 1. The lowest BCUT2D eigenvalue weighted by Crippen LogP contribution is -2.42. The molecule has 2 atom stereocenters. The summed E-state index contributed by atoms with van der Waals surface area (Å²) in [5.41, 5.74) is 1.50. The Morgan fingerprint density at radius 1 is 0.760 bits per heavy atom. The summed E-state index contributed by atoms with van der Waals surface area (Å²) in [6.07, 6.45) is 36.0. The van der Waals surface area contributed by atoms with Gasteiger partial charge in [-0.2, -0.15) is 0 Å². The molecule has 0 N–H and O–H groups in total. The molecule has 6 aliphatic heterocycles. The van der Waals surface area contributed by atoms with Crippen molar-refractivity contribution in [2.75, 3.05) is 61.0 Å². The highest BCUT2D eigenvalue weighted by atomic mass is 16.5. The van der Waals surface area contributed by atoms with Crippen LogP contribution in [0.15, 0.2) is 49.6 Å². The van der Waals surface area contributed by atoms with E-state index in [4.69, 9.17) is 25.3 Å². The maximum atomic E-state index is 5.46. The molecule has 5 nitrogen and oxygen atoms in total. The molecule has 6 saturated heterocycles. The summed E-state index contributed by atoms with van der Waals surface area (Å²) in [6, 6.07) is 0. The second-order valence-electron chi connectivity index (χ2n) is 15.2. The summed E-state index contributed by atoms with van der Waals surface area (Å²) in [7, 11) is 5.19. The Bertz CT molecular complexity index is 840. The minimum atomic E-state index is 0. The van der Waals surface area contributed by atoms with Crippen LogP contribution >= 0.6 is 0 Å². The van der Waals surface area contributed by atoms with Gasteiger partial charge in [0.05, 0.1) is 6.61 Å². The quantitative estimate of drug-likeness (QED) is 0.130. The van der Waals surface area contributed by atoms with Crippen molar-refractivity contribution in [1.29, 1.82) is 0 Å². The number of fused-ring (bicyclic) bond motifs is 2. The SMILES string of the molecule is C#CCOC.C1B2CC3CC1CC(C2)C3.C1CCOC1.C1CCOC1.C=CCB(CC=C)CC=C.COCC1=CC2CB(OC)CC(C1)C2.[B]. The van der Waals surface area contributed by atoms with Gasteiger partial charge in [-0.1, -0.05) is 68.1 Å². The van der Waals surface area contributed by atoms with E-state index in [0.717, 1.165) is 63.8 Å². The molecule has 9 heteroatoms. The van der Waals surface area contributed by atoms with Gasteiger partial charge in [0.25, 0.3) is 6.92 Å². The van der Waals surface area contributed by atoms with E-state index in [0.29, 0.717) is 20.2 Å². The first kappa shape index (κ1) is 46.6. The third kappa shape index (κ3) is 20.6. The summed E-state index contributed by atoms with van der Waals surface area (Å²) < 4.78 is 25.0. The number of rotatable bonds is 10. The van der Waals surface area contributed by atoms with Crippen LogP contribution in [0.4, 0.5) is 0 Å². The van der Waals surface area contributed by atoms with Crippen molar-refractivity contribution < 1.29 is 23.6 Å². The van der Waals surface area contributed by atoms with Crippen LogP contribution in [0.25, 0.3) is 0 Å². The molecule has 7 fully saturated rings. The number of methoxy groups -OCH3 is 2. The Labute approximate surface area is 312 Å². The molecular formula is C41H71B4O5. The van der Waals surface area contributed by atoms with Gasteiger partial charge < -0.3 is 23.6 Å². The van der Waals surface area contributed by atoms with Gasteiger partial charge in [-0.05, 0) is 106 Å². The Kier molecular flexibility index (Phi) is 28.0. The van der Waals surface area contributed by atoms with E-state index >= 15 is 0 Å². The van der Waals surface area contributed by atoms with Crippen molar-refractivity contribution >= 4 is 28.8 Å². The second kappa shape index (κ2) is 30.1. The number of hydrogen-bond acceptors (Lipinski definition) is 5. The van der Waals surface area contributed by atoms with Crippen molar-refractivity contribution in [2.24, 2.45) is 29.6 Å². The van der Waals surface area contributed by atoms with Gasteiger partial charge >= 0.3 is 0 Å². The summed E-state index contributed by atoms with van der Waals surface area (Å²) in [5, 5.41) is 0. The van der Waals surface area contributed by atoms with Gasteiger partial charge in [0.15, 0.2) is 6.71 Å². The largest absolute Gasteiger partial charge is 0.438 e. The van der Waals surface area contributed by atoms with Crippen LogP contribution in [0.2, 0.25) is 50.6 Å². The molecule has 1 saturated carbocycles. The zero-order valence-corrected chi connectivity index (χ0v) is 32.5. The minimum absolute atomic E-state index is 0. The lowest BCUT2D eigenvalue weighted by molar-refractivity contribution is 0.194. The fraction of sp³-hybridized carbons (Fsp3) is 0.756. The molecule has 3 radical (unpaired) electrons. The molecule has 0 amide bonds. The van der Waals surface area contributed by atoms with Crippen LogP contribution in [-0.2, 0) is 23.6 Å². The molecule has 50 heavy (non-hydrogen) atoms. The van der Waals surface area contributed by atoms with Crippen LogP contribution in [0.3, 0.4) is 0 Å². The molecule has 2 aliphatic carbocycles. The predicted molar refractivity (Wildman–Crippen MR) is 220 cm³/mol. The summed E-state index contributed by atoms with van der Waals surface area (Å²) in [4.78, 5) is 0. The molecule has 277 valence electrons. The van der Waals surface area contributed by atoms with Crippen LogP contribution < -0.4 is 0 Å². The fourth-order valence-corrected chi connectivity index (χ4v) is 9.07. The Morgan fingerprint density at radius 2 is 1.26 bits per heavy atom. The Balaban J connectivity index is 0.000000313. The summed E-state index contributed by atoms with van der Waals surface area (Å²) in [6.45, 7) is 18.7. The van der Waals surface area contributed by atoms with E-state index in [1.54, 1.807) is 52.4 Å². The number of allylic oxidation sites excluding steroid dienone is 4. The minimum Gasteiger partial charge on any atom is -0.438 e. The third-order valence-corrected chi connectivity index (χ3v) is 10.9. The van der Waals surface area contributed by atoms with Gasteiger partial charge in [0.1, 0.15) is 13.3 Å². The highest BCUT2D eigenvalue weighted by Crippen LogP contribution is 2.51. The second-order valence-corrected chi connectivity index (χ2v) is 15.2. The molecule has 2 unspecified atom stereocenters. The first-order valence-corrected chi connectivity index (χ1v) is 19.6. The zero-order valence-electron chi connectivity index (χ0n) is 32.5. The van der Waals surface area contributed by atoms with Crippen molar-refractivity contribution in [1.82, 2.24) is 0 Å². The topological polar surface area (TPSA) is 46.2 Å². The van der Waals surface area contributed by atoms with Crippen molar-refractivity contribution in [3.8, 4) is 12.3 Å². The van der Waals surface area contributed by atoms with E-state index in [9.17, 15) is 0 Å². The first-order chi connectivity index (χ1) is 24.0.